The van der Waals surface area contributed by atoms with Gasteiger partial charge < -0.3 is 5.32 Å². The second kappa shape index (κ2) is 8.11. The minimum atomic E-state index is 0.808. The molecule has 1 atom stereocenters. The van der Waals surface area contributed by atoms with E-state index in [-0.39, 0.29) is 0 Å². The monoisotopic (exact) mass is 225 g/mol. The SMILES string of the molecule is CCCCC(NCC)C1CCC(CC)CC1. The third kappa shape index (κ3) is 4.45. The average molecular weight is 225 g/mol. The lowest BCUT2D eigenvalue weighted by Gasteiger charge is -2.34. The summed E-state index contributed by atoms with van der Waals surface area (Å²) in [6.45, 7) is 8.04. The average Bonchev–Trinajstić information content (AvgIpc) is 2.35. The summed E-state index contributed by atoms with van der Waals surface area (Å²) in [5.41, 5.74) is 0. The van der Waals surface area contributed by atoms with Crippen LogP contribution >= 0.6 is 0 Å². The second-order valence-electron chi connectivity index (χ2n) is 5.50. The molecule has 0 aromatic rings. The zero-order chi connectivity index (χ0) is 11.8. The lowest BCUT2D eigenvalue weighted by molar-refractivity contribution is 0.210. The van der Waals surface area contributed by atoms with Gasteiger partial charge in [0.1, 0.15) is 0 Å². The van der Waals surface area contributed by atoms with Crippen LogP contribution in [-0.4, -0.2) is 12.6 Å². The van der Waals surface area contributed by atoms with Gasteiger partial charge in [0, 0.05) is 6.04 Å². The fourth-order valence-electron chi connectivity index (χ4n) is 3.19. The van der Waals surface area contributed by atoms with Gasteiger partial charge in [-0.3, -0.25) is 0 Å². The molecule has 16 heavy (non-hydrogen) atoms. The molecule has 0 bridgehead atoms. The van der Waals surface area contributed by atoms with Crippen molar-refractivity contribution in [3.63, 3.8) is 0 Å². The van der Waals surface area contributed by atoms with Gasteiger partial charge in [-0.15, -0.1) is 0 Å². The van der Waals surface area contributed by atoms with Crippen LogP contribution in [0.3, 0.4) is 0 Å². The predicted molar refractivity (Wildman–Crippen MR) is 72.7 cm³/mol. The molecule has 1 aliphatic rings. The zero-order valence-corrected chi connectivity index (χ0v) is 11.6. The molecule has 1 rings (SSSR count). The standard InChI is InChI=1S/C15H31N/c1-4-7-8-15(16-6-3)14-11-9-13(5-2)10-12-14/h13-16H,4-12H2,1-3H3. The molecule has 0 aromatic heterocycles. The molecule has 0 aliphatic heterocycles. The van der Waals surface area contributed by atoms with Gasteiger partial charge in [0.05, 0.1) is 0 Å². The van der Waals surface area contributed by atoms with Gasteiger partial charge in [-0.05, 0) is 37.6 Å². The zero-order valence-electron chi connectivity index (χ0n) is 11.6. The van der Waals surface area contributed by atoms with Crippen molar-refractivity contribution in [3.8, 4) is 0 Å². The Kier molecular flexibility index (Phi) is 7.11. The summed E-state index contributed by atoms with van der Waals surface area (Å²) in [6, 6.07) is 0.808. The van der Waals surface area contributed by atoms with Crippen molar-refractivity contribution in [1.82, 2.24) is 5.32 Å². The molecule has 1 unspecified atom stereocenters. The molecule has 0 spiro atoms. The molecule has 1 heteroatoms. The number of rotatable bonds is 7. The van der Waals surface area contributed by atoms with Crippen LogP contribution in [0.1, 0.15) is 72.1 Å². The van der Waals surface area contributed by atoms with Crippen LogP contribution in [0.25, 0.3) is 0 Å². The summed E-state index contributed by atoms with van der Waals surface area (Å²) in [5, 5.41) is 3.72. The molecule has 0 aromatic carbocycles. The lowest BCUT2D eigenvalue weighted by Crippen LogP contribution is -2.38. The van der Waals surface area contributed by atoms with Crippen molar-refractivity contribution in [2.75, 3.05) is 6.54 Å². The van der Waals surface area contributed by atoms with Gasteiger partial charge in [-0.2, -0.15) is 0 Å². The molecule has 96 valence electrons. The quantitative estimate of drug-likeness (QED) is 0.678. The Bertz CT molecular complexity index is 159. The summed E-state index contributed by atoms with van der Waals surface area (Å²) in [7, 11) is 0. The molecule has 1 saturated carbocycles. The highest BCUT2D eigenvalue weighted by molar-refractivity contribution is 4.81. The van der Waals surface area contributed by atoms with E-state index < -0.39 is 0 Å². The van der Waals surface area contributed by atoms with Crippen molar-refractivity contribution >= 4 is 0 Å². The van der Waals surface area contributed by atoms with Gasteiger partial charge in [0.25, 0.3) is 0 Å². The van der Waals surface area contributed by atoms with Crippen LogP contribution < -0.4 is 5.32 Å². The van der Waals surface area contributed by atoms with Crippen LogP contribution in [0.2, 0.25) is 0 Å². The van der Waals surface area contributed by atoms with E-state index in [1.54, 1.807) is 0 Å². The van der Waals surface area contributed by atoms with E-state index in [0.29, 0.717) is 0 Å². The fraction of sp³-hybridized carbons (Fsp3) is 1.00. The van der Waals surface area contributed by atoms with Crippen LogP contribution in [0.5, 0.6) is 0 Å². The van der Waals surface area contributed by atoms with E-state index in [9.17, 15) is 0 Å². The maximum absolute atomic E-state index is 3.72. The first-order valence-corrected chi connectivity index (χ1v) is 7.55. The highest BCUT2D eigenvalue weighted by atomic mass is 14.9. The summed E-state index contributed by atoms with van der Waals surface area (Å²) in [6.07, 6.45) is 11.4. The van der Waals surface area contributed by atoms with Crippen LogP contribution in [0.4, 0.5) is 0 Å². The van der Waals surface area contributed by atoms with Crippen molar-refractivity contribution in [1.29, 1.82) is 0 Å². The maximum atomic E-state index is 3.72. The van der Waals surface area contributed by atoms with E-state index in [1.165, 1.54) is 51.4 Å². The minimum Gasteiger partial charge on any atom is -0.314 e. The fourth-order valence-corrected chi connectivity index (χ4v) is 3.19. The Labute approximate surface area is 102 Å². The van der Waals surface area contributed by atoms with Crippen LogP contribution in [0.15, 0.2) is 0 Å². The summed E-state index contributed by atoms with van der Waals surface area (Å²) >= 11 is 0. The molecule has 1 N–H and O–H groups in total. The van der Waals surface area contributed by atoms with Crippen molar-refractivity contribution in [2.24, 2.45) is 11.8 Å². The van der Waals surface area contributed by atoms with E-state index >= 15 is 0 Å². The molecular formula is C15H31N. The van der Waals surface area contributed by atoms with Gasteiger partial charge in [-0.1, -0.05) is 52.9 Å². The van der Waals surface area contributed by atoms with Crippen LogP contribution in [0, 0.1) is 11.8 Å². The highest BCUT2D eigenvalue weighted by Gasteiger charge is 2.25. The smallest absolute Gasteiger partial charge is 0.00952 e. The lowest BCUT2D eigenvalue weighted by atomic mass is 9.76. The molecule has 0 radical (unpaired) electrons. The Morgan fingerprint density at radius 1 is 1.06 bits per heavy atom. The van der Waals surface area contributed by atoms with E-state index in [4.69, 9.17) is 0 Å². The number of hydrogen-bond acceptors (Lipinski definition) is 1. The summed E-state index contributed by atoms with van der Waals surface area (Å²) in [5.74, 6) is 2.00. The third-order valence-electron chi connectivity index (χ3n) is 4.37. The Morgan fingerprint density at radius 2 is 1.75 bits per heavy atom. The van der Waals surface area contributed by atoms with E-state index in [2.05, 4.69) is 26.1 Å². The molecule has 0 heterocycles. The third-order valence-corrected chi connectivity index (χ3v) is 4.37. The van der Waals surface area contributed by atoms with Gasteiger partial charge in [-0.25, -0.2) is 0 Å². The maximum Gasteiger partial charge on any atom is 0.00952 e. The van der Waals surface area contributed by atoms with Crippen molar-refractivity contribution < 1.29 is 0 Å². The molecule has 1 nitrogen and oxygen atoms in total. The second-order valence-corrected chi connectivity index (χ2v) is 5.50. The van der Waals surface area contributed by atoms with Crippen LogP contribution in [-0.2, 0) is 0 Å². The first kappa shape index (κ1) is 14.0. The number of hydrogen-bond donors (Lipinski definition) is 1. The Hall–Kier alpha value is -0.0400. The van der Waals surface area contributed by atoms with E-state index in [1.807, 2.05) is 0 Å². The number of nitrogens with one attached hydrogen (secondary N) is 1. The van der Waals surface area contributed by atoms with E-state index in [0.717, 1.165) is 24.4 Å². The van der Waals surface area contributed by atoms with Gasteiger partial charge >= 0.3 is 0 Å². The Balaban J connectivity index is 2.33. The van der Waals surface area contributed by atoms with Crippen molar-refractivity contribution in [3.05, 3.63) is 0 Å². The molecule has 0 amide bonds. The van der Waals surface area contributed by atoms with Crippen molar-refractivity contribution in [2.45, 2.75) is 78.2 Å². The summed E-state index contributed by atoms with van der Waals surface area (Å²) < 4.78 is 0. The normalized spacial score (nSPS) is 27.9. The topological polar surface area (TPSA) is 12.0 Å². The predicted octanol–water partition coefficient (Wildman–Crippen LogP) is 4.37. The number of unbranched alkanes of at least 4 members (excludes halogenated alkanes) is 1. The minimum absolute atomic E-state index is 0.808. The Morgan fingerprint density at radius 3 is 2.25 bits per heavy atom. The molecular weight excluding hydrogens is 194 g/mol. The summed E-state index contributed by atoms with van der Waals surface area (Å²) in [4.78, 5) is 0. The molecule has 1 fully saturated rings. The largest absolute Gasteiger partial charge is 0.314 e. The first-order valence-electron chi connectivity index (χ1n) is 7.55. The molecule has 0 saturated heterocycles. The highest BCUT2D eigenvalue weighted by Crippen LogP contribution is 2.33. The van der Waals surface area contributed by atoms with Gasteiger partial charge in [0.15, 0.2) is 0 Å². The van der Waals surface area contributed by atoms with Gasteiger partial charge in [0.2, 0.25) is 0 Å². The molecule has 1 aliphatic carbocycles. The first-order chi connectivity index (χ1) is 7.81.